The molecule has 0 aromatic rings. The van der Waals surface area contributed by atoms with Gasteiger partial charge in [-0.1, -0.05) is 20.3 Å². The van der Waals surface area contributed by atoms with Crippen molar-refractivity contribution in [1.82, 2.24) is 0 Å². The maximum atomic E-state index is 9.54. The fourth-order valence-corrected chi connectivity index (χ4v) is 1.91. The van der Waals surface area contributed by atoms with Crippen molar-refractivity contribution in [3.05, 3.63) is 0 Å². The lowest BCUT2D eigenvalue weighted by Crippen LogP contribution is -2.18. The summed E-state index contributed by atoms with van der Waals surface area (Å²) < 4.78 is 0. The van der Waals surface area contributed by atoms with Gasteiger partial charge in [-0.3, -0.25) is 0 Å². The Bertz CT molecular complexity index is 157. The molecule has 0 bridgehead atoms. The molecule has 1 fully saturated rings. The van der Waals surface area contributed by atoms with Crippen molar-refractivity contribution in [1.29, 1.82) is 0 Å². The maximum absolute atomic E-state index is 9.54. The molecule has 0 radical (unpaired) electrons. The van der Waals surface area contributed by atoms with Crippen LogP contribution >= 0.6 is 0 Å². The van der Waals surface area contributed by atoms with Crippen molar-refractivity contribution >= 4 is 0 Å². The summed E-state index contributed by atoms with van der Waals surface area (Å²) in [6, 6.07) is 0. The third kappa shape index (κ3) is 2.48. The second kappa shape index (κ2) is 3.02. The summed E-state index contributed by atoms with van der Waals surface area (Å²) in [5.74, 6) is 0.883. The van der Waals surface area contributed by atoms with Gasteiger partial charge in [-0.05, 0) is 44.4 Å². The molecule has 0 saturated heterocycles. The normalized spacial score (nSPS) is 35.2. The van der Waals surface area contributed by atoms with Crippen molar-refractivity contribution in [2.24, 2.45) is 11.3 Å². The molecule has 0 unspecified atom stereocenters. The molecule has 72 valence electrons. The first-order valence-electron chi connectivity index (χ1n) is 5.10. The van der Waals surface area contributed by atoms with Gasteiger partial charge in [0.25, 0.3) is 0 Å². The Balaban J connectivity index is 2.20. The van der Waals surface area contributed by atoms with E-state index >= 15 is 0 Å². The minimum absolute atomic E-state index is 0.461. The largest absolute Gasteiger partial charge is 0.390 e. The summed E-state index contributed by atoms with van der Waals surface area (Å²) >= 11 is 0. The van der Waals surface area contributed by atoms with Crippen LogP contribution in [0.15, 0.2) is 0 Å². The Morgan fingerprint density at radius 3 is 2.42 bits per heavy atom. The molecule has 0 heterocycles. The summed E-state index contributed by atoms with van der Waals surface area (Å²) in [7, 11) is 0. The van der Waals surface area contributed by atoms with Crippen LogP contribution in [0.1, 0.15) is 53.4 Å². The average Bonchev–Trinajstić information content (AvgIpc) is 2.58. The minimum Gasteiger partial charge on any atom is -0.390 e. The van der Waals surface area contributed by atoms with Gasteiger partial charge in [0.05, 0.1) is 5.60 Å². The highest BCUT2D eigenvalue weighted by molar-refractivity contribution is 4.97. The van der Waals surface area contributed by atoms with E-state index in [4.69, 9.17) is 0 Å². The summed E-state index contributed by atoms with van der Waals surface area (Å²) in [6.07, 6.45) is 4.82. The molecule has 1 aliphatic rings. The second-order valence-corrected chi connectivity index (χ2v) is 5.26. The Morgan fingerprint density at radius 2 is 2.08 bits per heavy atom. The maximum Gasteiger partial charge on any atom is 0.0591 e. The van der Waals surface area contributed by atoms with Crippen LogP contribution in [0.2, 0.25) is 0 Å². The van der Waals surface area contributed by atoms with E-state index in [-0.39, 0.29) is 0 Å². The van der Waals surface area contributed by atoms with E-state index in [1.165, 1.54) is 19.3 Å². The molecule has 1 nitrogen and oxygen atoms in total. The second-order valence-electron chi connectivity index (χ2n) is 5.26. The van der Waals surface area contributed by atoms with E-state index in [2.05, 4.69) is 13.8 Å². The minimum atomic E-state index is -0.461. The molecular weight excluding hydrogens is 148 g/mol. The third-order valence-electron chi connectivity index (χ3n) is 3.45. The van der Waals surface area contributed by atoms with Gasteiger partial charge in [-0.15, -0.1) is 0 Å². The van der Waals surface area contributed by atoms with Gasteiger partial charge in [0.2, 0.25) is 0 Å². The molecule has 0 aliphatic heterocycles. The van der Waals surface area contributed by atoms with Gasteiger partial charge in [0.15, 0.2) is 0 Å². The number of hydrogen-bond acceptors (Lipinski definition) is 1. The summed E-state index contributed by atoms with van der Waals surface area (Å²) in [5.41, 5.74) is 0.155. The van der Waals surface area contributed by atoms with Crippen molar-refractivity contribution < 1.29 is 5.11 Å². The van der Waals surface area contributed by atoms with E-state index in [0.717, 1.165) is 12.3 Å². The highest BCUT2D eigenvalue weighted by atomic mass is 16.3. The quantitative estimate of drug-likeness (QED) is 0.687. The summed E-state index contributed by atoms with van der Waals surface area (Å²) in [6.45, 7) is 8.43. The zero-order valence-corrected chi connectivity index (χ0v) is 8.85. The van der Waals surface area contributed by atoms with Crippen LogP contribution in [-0.2, 0) is 0 Å². The highest BCUT2D eigenvalue weighted by Crippen LogP contribution is 2.57. The fraction of sp³-hybridized carbons (Fsp3) is 1.00. The topological polar surface area (TPSA) is 20.2 Å². The molecule has 1 N–H and O–H groups in total. The number of rotatable bonds is 4. The Morgan fingerprint density at radius 1 is 1.50 bits per heavy atom. The molecule has 1 rings (SSSR count). The molecule has 0 aromatic carbocycles. The number of hydrogen-bond donors (Lipinski definition) is 1. The van der Waals surface area contributed by atoms with Crippen LogP contribution in [0.25, 0.3) is 0 Å². The average molecular weight is 170 g/mol. The van der Waals surface area contributed by atoms with E-state index in [1.54, 1.807) is 0 Å². The van der Waals surface area contributed by atoms with Crippen molar-refractivity contribution in [3.8, 4) is 0 Å². The van der Waals surface area contributed by atoms with Crippen LogP contribution in [-0.4, -0.2) is 10.7 Å². The van der Waals surface area contributed by atoms with E-state index < -0.39 is 5.60 Å². The molecule has 1 heteroatoms. The van der Waals surface area contributed by atoms with Crippen LogP contribution in [0, 0.1) is 11.3 Å². The third-order valence-corrected chi connectivity index (χ3v) is 3.45. The lowest BCUT2D eigenvalue weighted by molar-refractivity contribution is 0.0659. The predicted molar refractivity (Wildman–Crippen MR) is 52.0 cm³/mol. The van der Waals surface area contributed by atoms with Gasteiger partial charge < -0.3 is 5.11 Å². The molecule has 0 spiro atoms. The zero-order chi connectivity index (χ0) is 9.41. The highest BCUT2D eigenvalue weighted by Gasteiger charge is 2.47. The van der Waals surface area contributed by atoms with Gasteiger partial charge in [-0.25, -0.2) is 0 Å². The molecule has 1 aliphatic carbocycles. The molecule has 12 heavy (non-hydrogen) atoms. The first kappa shape index (κ1) is 10.0. The molecule has 1 saturated carbocycles. The SMILES string of the molecule is CC[C@@]1(C)C[C@@H]1CCC(C)(C)O. The van der Waals surface area contributed by atoms with Gasteiger partial charge in [0.1, 0.15) is 0 Å². The smallest absolute Gasteiger partial charge is 0.0591 e. The molecule has 2 atom stereocenters. The van der Waals surface area contributed by atoms with Crippen LogP contribution in [0.5, 0.6) is 0 Å². The van der Waals surface area contributed by atoms with E-state index in [0.29, 0.717) is 5.41 Å². The Labute approximate surface area is 76.2 Å². The molecule has 0 amide bonds. The number of aliphatic hydroxyl groups is 1. The van der Waals surface area contributed by atoms with Crippen molar-refractivity contribution in [3.63, 3.8) is 0 Å². The Hall–Kier alpha value is -0.0400. The fourth-order valence-electron chi connectivity index (χ4n) is 1.91. The van der Waals surface area contributed by atoms with E-state index in [9.17, 15) is 5.11 Å². The van der Waals surface area contributed by atoms with E-state index in [1.807, 2.05) is 13.8 Å². The molecular formula is C11H22O. The Kier molecular flexibility index (Phi) is 2.53. The lowest BCUT2D eigenvalue weighted by atomic mass is 9.96. The zero-order valence-electron chi connectivity index (χ0n) is 8.85. The standard InChI is InChI=1S/C11H22O/c1-5-11(4)8-9(11)6-7-10(2,3)12/h9,12H,5-8H2,1-4H3/t9-,11-/m0/s1. The van der Waals surface area contributed by atoms with Crippen LogP contribution < -0.4 is 0 Å². The van der Waals surface area contributed by atoms with Crippen LogP contribution in [0.4, 0.5) is 0 Å². The van der Waals surface area contributed by atoms with Gasteiger partial charge in [0, 0.05) is 0 Å². The first-order chi connectivity index (χ1) is 5.37. The van der Waals surface area contributed by atoms with Crippen molar-refractivity contribution in [2.75, 3.05) is 0 Å². The van der Waals surface area contributed by atoms with Gasteiger partial charge >= 0.3 is 0 Å². The first-order valence-corrected chi connectivity index (χ1v) is 5.10. The predicted octanol–water partition coefficient (Wildman–Crippen LogP) is 2.97. The van der Waals surface area contributed by atoms with Gasteiger partial charge in [-0.2, -0.15) is 0 Å². The van der Waals surface area contributed by atoms with Crippen molar-refractivity contribution in [2.45, 2.75) is 59.0 Å². The molecule has 0 aromatic heterocycles. The monoisotopic (exact) mass is 170 g/mol. The lowest BCUT2D eigenvalue weighted by Gasteiger charge is -2.17. The van der Waals surface area contributed by atoms with Crippen LogP contribution in [0.3, 0.4) is 0 Å². The summed E-state index contributed by atoms with van der Waals surface area (Å²) in [4.78, 5) is 0. The summed E-state index contributed by atoms with van der Waals surface area (Å²) in [5, 5.41) is 9.54.